The minimum absolute atomic E-state index is 0.129. The number of aromatic amines is 1. The Hall–Kier alpha value is -1.77. The molecular weight excluding hydrogens is 238 g/mol. The maximum atomic E-state index is 10.6. The third kappa shape index (κ3) is 3.16. The molecule has 0 spiro atoms. The molecule has 0 aliphatic rings. The van der Waals surface area contributed by atoms with Gasteiger partial charge in [0, 0.05) is 23.5 Å². The number of H-pyrrole nitrogens is 1. The summed E-state index contributed by atoms with van der Waals surface area (Å²) < 4.78 is 0. The molecule has 1 aromatic carbocycles. The smallest absolute Gasteiger partial charge is 0.303 e. The molecule has 3 heteroatoms. The summed E-state index contributed by atoms with van der Waals surface area (Å²) in [6.45, 7) is 6.60. The van der Waals surface area contributed by atoms with E-state index >= 15 is 0 Å². The molecule has 0 fully saturated rings. The molecular formula is C16H21NO2. The normalized spacial score (nSPS) is 11.9. The number of hydrogen-bond acceptors (Lipinski definition) is 1. The Balaban J connectivity index is 2.27. The van der Waals surface area contributed by atoms with Crippen molar-refractivity contribution in [3.05, 3.63) is 35.5 Å². The fourth-order valence-electron chi connectivity index (χ4n) is 2.28. The minimum Gasteiger partial charge on any atom is -0.481 e. The number of carboxylic acid groups (broad SMARTS) is 1. The summed E-state index contributed by atoms with van der Waals surface area (Å²) in [5.41, 5.74) is 3.77. The van der Waals surface area contributed by atoms with Crippen LogP contribution in [-0.4, -0.2) is 16.1 Å². The molecule has 0 bridgehead atoms. The van der Waals surface area contributed by atoms with E-state index in [1.54, 1.807) is 0 Å². The van der Waals surface area contributed by atoms with E-state index in [1.165, 1.54) is 16.5 Å². The van der Waals surface area contributed by atoms with Crippen LogP contribution in [-0.2, 0) is 16.6 Å². The lowest BCUT2D eigenvalue weighted by atomic mass is 9.86. The van der Waals surface area contributed by atoms with Gasteiger partial charge < -0.3 is 10.1 Å². The Bertz CT molecular complexity index is 590. The van der Waals surface area contributed by atoms with E-state index in [2.05, 4.69) is 44.0 Å². The highest BCUT2D eigenvalue weighted by Crippen LogP contribution is 2.28. The summed E-state index contributed by atoms with van der Waals surface area (Å²) in [5, 5.41) is 9.92. The van der Waals surface area contributed by atoms with E-state index in [1.807, 2.05) is 6.20 Å². The quantitative estimate of drug-likeness (QED) is 0.875. The monoisotopic (exact) mass is 259 g/mol. The molecule has 0 saturated carbocycles. The van der Waals surface area contributed by atoms with Crippen LogP contribution in [0.3, 0.4) is 0 Å². The zero-order valence-corrected chi connectivity index (χ0v) is 11.8. The highest BCUT2D eigenvalue weighted by molar-refractivity contribution is 5.84. The van der Waals surface area contributed by atoms with Crippen LogP contribution in [0, 0.1) is 0 Å². The predicted octanol–water partition coefficient (Wildman–Crippen LogP) is 3.87. The number of hydrogen-bond donors (Lipinski definition) is 2. The van der Waals surface area contributed by atoms with Crippen LogP contribution in [0.1, 0.15) is 44.7 Å². The third-order valence-corrected chi connectivity index (χ3v) is 3.47. The molecule has 3 nitrogen and oxygen atoms in total. The largest absolute Gasteiger partial charge is 0.481 e. The second-order valence-electron chi connectivity index (χ2n) is 6.07. The van der Waals surface area contributed by atoms with E-state index < -0.39 is 5.97 Å². The molecule has 0 aliphatic heterocycles. The summed E-state index contributed by atoms with van der Waals surface area (Å²) in [6.07, 6.45) is 3.71. The van der Waals surface area contributed by atoms with Crippen LogP contribution in [0.25, 0.3) is 10.9 Å². The van der Waals surface area contributed by atoms with Crippen molar-refractivity contribution in [2.45, 2.75) is 45.4 Å². The molecule has 0 aliphatic carbocycles. The third-order valence-electron chi connectivity index (χ3n) is 3.47. The van der Waals surface area contributed by atoms with Crippen molar-refractivity contribution in [2.24, 2.45) is 0 Å². The molecule has 2 N–H and O–H groups in total. The van der Waals surface area contributed by atoms with Gasteiger partial charge in [0.1, 0.15) is 0 Å². The standard InChI is InChI=1S/C16H21NO2/c1-16(2,3)12-7-8-14-13(9-12)11(10-17-14)5-4-6-15(18)19/h7-10,17H,4-6H2,1-3H3,(H,18,19). The SMILES string of the molecule is CC(C)(C)c1ccc2[nH]cc(CCCC(=O)O)c2c1. The van der Waals surface area contributed by atoms with Gasteiger partial charge in [-0.2, -0.15) is 0 Å². The summed E-state index contributed by atoms with van der Waals surface area (Å²) in [7, 11) is 0. The zero-order valence-electron chi connectivity index (χ0n) is 11.8. The fourth-order valence-corrected chi connectivity index (χ4v) is 2.28. The maximum Gasteiger partial charge on any atom is 0.303 e. The molecule has 0 amide bonds. The molecule has 0 atom stereocenters. The number of fused-ring (bicyclic) bond motifs is 1. The van der Waals surface area contributed by atoms with Crippen LogP contribution < -0.4 is 0 Å². The molecule has 2 aromatic rings. The number of aromatic nitrogens is 1. The van der Waals surface area contributed by atoms with E-state index in [0.29, 0.717) is 6.42 Å². The van der Waals surface area contributed by atoms with E-state index in [9.17, 15) is 4.79 Å². The Kier molecular flexibility index (Phi) is 3.65. The van der Waals surface area contributed by atoms with E-state index in [4.69, 9.17) is 5.11 Å². The van der Waals surface area contributed by atoms with E-state index in [0.717, 1.165) is 11.9 Å². The summed E-state index contributed by atoms with van der Waals surface area (Å²) in [4.78, 5) is 13.8. The van der Waals surface area contributed by atoms with Crippen LogP contribution in [0.2, 0.25) is 0 Å². The van der Waals surface area contributed by atoms with Crippen molar-refractivity contribution >= 4 is 16.9 Å². The van der Waals surface area contributed by atoms with Gasteiger partial charge in [-0.1, -0.05) is 26.8 Å². The zero-order chi connectivity index (χ0) is 14.0. The van der Waals surface area contributed by atoms with Gasteiger partial charge in [0.15, 0.2) is 0 Å². The molecule has 2 rings (SSSR count). The average molecular weight is 259 g/mol. The number of nitrogens with one attached hydrogen (secondary N) is 1. The Morgan fingerprint density at radius 2 is 2.05 bits per heavy atom. The van der Waals surface area contributed by atoms with Crippen LogP contribution in [0.4, 0.5) is 0 Å². The minimum atomic E-state index is -0.727. The molecule has 0 saturated heterocycles. The number of aliphatic carboxylic acids is 1. The van der Waals surface area contributed by atoms with Gasteiger partial charge in [0.05, 0.1) is 0 Å². The van der Waals surface area contributed by atoms with Gasteiger partial charge in [-0.05, 0) is 41.5 Å². The van der Waals surface area contributed by atoms with Gasteiger partial charge in [0.2, 0.25) is 0 Å². The first-order valence-electron chi connectivity index (χ1n) is 6.70. The fraction of sp³-hybridized carbons (Fsp3) is 0.438. The lowest BCUT2D eigenvalue weighted by Crippen LogP contribution is -2.10. The maximum absolute atomic E-state index is 10.6. The van der Waals surface area contributed by atoms with E-state index in [-0.39, 0.29) is 11.8 Å². The van der Waals surface area contributed by atoms with Crippen LogP contribution >= 0.6 is 0 Å². The second kappa shape index (κ2) is 5.08. The topological polar surface area (TPSA) is 53.1 Å². The summed E-state index contributed by atoms with van der Waals surface area (Å²) >= 11 is 0. The molecule has 0 unspecified atom stereocenters. The van der Waals surface area contributed by atoms with Crippen molar-refractivity contribution in [1.82, 2.24) is 4.98 Å². The first-order valence-corrected chi connectivity index (χ1v) is 6.70. The van der Waals surface area contributed by atoms with Crippen molar-refractivity contribution in [2.75, 3.05) is 0 Å². The first-order chi connectivity index (χ1) is 8.88. The van der Waals surface area contributed by atoms with Crippen molar-refractivity contribution in [3.63, 3.8) is 0 Å². The van der Waals surface area contributed by atoms with Gasteiger partial charge in [-0.25, -0.2) is 0 Å². The first kappa shape index (κ1) is 13.7. The lowest BCUT2D eigenvalue weighted by molar-refractivity contribution is -0.137. The van der Waals surface area contributed by atoms with Crippen molar-refractivity contribution < 1.29 is 9.90 Å². The van der Waals surface area contributed by atoms with Crippen LogP contribution in [0.15, 0.2) is 24.4 Å². The van der Waals surface area contributed by atoms with Crippen LogP contribution in [0.5, 0.6) is 0 Å². The average Bonchev–Trinajstić information content (AvgIpc) is 2.70. The lowest BCUT2D eigenvalue weighted by Gasteiger charge is -2.19. The Labute approximate surface area is 113 Å². The summed E-state index contributed by atoms with van der Waals surface area (Å²) in [6, 6.07) is 6.48. The number of rotatable bonds is 4. The van der Waals surface area contributed by atoms with Gasteiger partial charge >= 0.3 is 5.97 Å². The molecule has 1 heterocycles. The number of carbonyl (C=O) groups is 1. The highest BCUT2D eigenvalue weighted by Gasteiger charge is 2.15. The number of aryl methyl sites for hydroxylation is 1. The predicted molar refractivity (Wildman–Crippen MR) is 77.6 cm³/mol. The number of benzene rings is 1. The number of carboxylic acids is 1. The molecule has 1 aromatic heterocycles. The highest BCUT2D eigenvalue weighted by atomic mass is 16.4. The second-order valence-corrected chi connectivity index (χ2v) is 6.07. The molecule has 102 valence electrons. The molecule has 0 radical (unpaired) electrons. The summed E-state index contributed by atoms with van der Waals surface area (Å²) in [5.74, 6) is -0.727. The van der Waals surface area contributed by atoms with Gasteiger partial charge in [-0.3, -0.25) is 4.79 Å². The van der Waals surface area contributed by atoms with Crippen molar-refractivity contribution in [3.8, 4) is 0 Å². The molecule has 19 heavy (non-hydrogen) atoms. The Morgan fingerprint density at radius 3 is 2.68 bits per heavy atom. The van der Waals surface area contributed by atoms with Crippen molar-refractivity contribution in [1.29, 1.82) is 0 Å². The van der Waals surface area contributed by atoms with Gasteiger partial charge in [0.25, 0.3) is 0 Å². The Morgan fingerprint density at radius 1 is 1.32 bits per heavy atom. The van der Waals surface area contributed by atoms with Gasteiger partial charge in [-0.15, -0.1) is 0 Å².